The Morgan fingerprint density at radius 2 is 0.971 bits per heavy atom. The lowest BCUT2D eigenvalue weighted by molar-refractivity contribution is -0.138. The number of hydrogen-bond donors (Lipinski definition) is 0. The Labute approximate surface area is 201 Å². The van der Waals surface area contributed by atoms with Crippen LogP contribution in [0.5, 0.6) is 0 Å². The number of carbonyl (C=O) groups is 1. The summed E-state index contributed by atoms with van der Waals surface area (Å²) < 4.78 is 35.6. The molecule has 0 heterocycles. The van der Waals surface area contributed by atoms with E-state index in [1.165, 1.54) is 0 Å². The predicted octanol–water partition coefficient (Wildman–Crippen LogP) is -0.424. The average Bonchev–Trinajstić information content (AvgIpc) is 2.79. The minimum absolute atomic E-state index is 0.0409. The molecule has 0 aromatic heterocycles. The molecule has 0 aliphatic carbocycles. The zero-order chi connectivity index (χ0) is 25.2. The Balaban J connectivity index is 4.19. The monoisotopic (exact) mass is 466 g/mol. The van der Waals surface area contributed by atoms with Crippen LogP contribution in [0.4, 0.5) is 0 Å². The maximum absolute atomic E-state index is 11.3. The summed E-state index contributed by atoms with van der Waals surface area (Å²) in [6, 6.07) is 0. The van der Waals surface area contributed by atoms with E-state index in [4.69, 9.17) is 9.47 Å². The van der Waals surface area contributed by atoms with Gasteiger partial charge in [0.25, 0.3) is 10.1 Å². The van der Waals surface area contributed by atoms with Gasteiger partial charge in [-0.05, 0) is 102 Å². The van der Waals surface area contributed by atoms with Crippen LogP contribution in [0.25, 0.3) is 0 Å². The van der Waals surface area contributed by atoms with Crippen molar-refractivity contribution in [3.8, 4) is 118 Å². The third-order valence-corrected chi connectivity index (χ3v) is 2.93. The number of carbonyl (C=O) groups excluding carboxylic acids is 1. The molecule has 0 saturated heterocycles. The van der Waals surface area contributed by atoms with E-state index in [9.17, 15) is 13.2 Å². The van der Waals surface area contributed by atoms with Crippen LogP contribution >= 0.6 is 0 Å². The quantitative estimate of drug-likeness (QED) is 0.167. The fraction of sp³-hybridized carbons (Fsp3) is 0.222. The third kappa shape index (κ3) is 25.0. The standard InChI is InChI=1S/C27H14O6S/c1-3-4-5-6-7-8-9-10-11-12-13-14-15-16-17-18-19-20-21-22-27(28)32-25-23-31-24-26-33-34(2,29)30/h23-26H2,1-2H3. The van der Waals surface area contributed by atoms with Crippen molar-refractivity contribution in [2.75, 3.05) is 32.7 Å². The van der Waals surface area contributed by atoms with Crippen molar-refractivity contribution in [3.05, 3.63) is 0 Å². The molecular weight excluding hydrogens is 452 g/mol. The van der Waals surface area contributed by atoms with Crippen molar-refractivity contribution < 1.29 is 26.9 Å². The van der Waals surface area contributed by atoms with Crippen LogP contribution in [0.2, 0.25) is 0 Å². The van der Waals surface area contributed by atoms with Crippen LogP contribution in [0.15, 0.2) is 0 Å². The van der Waals surface area contributed by atoms with Gasteiger partial charge in [0.05, 0.1) is 26.1 Å². The number of rotatable bonds is 7. The van der Waals surface area contributed by atoms with Crippen molar-refractivity contribution in [1.82, 2.24) is 0 Å². The van der Waals surface area contributed by atoms with E-state index in [0.717, 1.165) is 6.26 Å². The minimum atomic E-state index is -3.50. The summed E-state index contributed by atoms with van der Waals surface area (Å²) in [5, 5.41) is 0. The normalized spacial score (nSPS) is 7.00. The van der Waals surface area contributed by atoms with E-state index in [-0.39, 0.29) is 26.4 Å². The van der Waals surface area contributed by atoms with E-state index in [2.05, 4.69) is 123 Å². The molecule has 0 unspecified atom stereocenters. The van der Waals surface area contributed by atoms with Crippen molar-refractivity contribution in [2.45, 2.75) is 6.92 Å². The number of ether oxygens (including phenoxy) is 2. The van der Waals surface area contributed by atoms with Gasteiger partial charge in [0.15, 0.2) is 0 Å². The molecule has 0 bridgehead atoms. The lowest BCUT2D eigenvalue weighted by Crippen LogP contribution is -2.13. The maximum atomic E-state index is 11.3. The summed E-state index contributed by atoms with van der Waals surface area (Å²) >= 11 is 0. The van der Waals surface area contributed by atoms with Gasteiger partial charge in [-0.15, -0.1) is 0 Å². The molecule has 34 heavy (non-hydrogen) atoms. The molecule has 0 rings (SSSR count). The maximum Gasteiger partial charge on any atom is 0.385 e. The molecule has 0 atom stereocenters. The lowest BCUT2D eigenvalue weighted by Gasteiger charge is -2.03. The first-order chi connectivity index (χ1) is 16.5. The molecule has 0 amide bonds. The highest BCUT2D eigenvalue weighted by molar-refractivity contribution is 7.85. The zero-order valence-electron chi connectivity index (χ0n) is 18.2. The van der Waals surface area contributed by atoms with Crippen LogP contribution in [0.3, 0.4) is 0 Å². The largest absolute Gasteiger partial charge is 0.454 e. The van der Waals surface area contributed by atoms with E-state index >= 15 is 0 Å². The Morgan fingerprint density at radius 3 is 1.38 bits per heavy atom. The van der Waals surface area contributed by atoms with Crippen molar-refractivity contribution in [3.63, 3.8) is 0 Å². The molecule has 0 N–H and O–H groups in total. The second-order valence-corrected chi connectivity index (χ2v) is 6.54. The Morgan fingerprint density at radius 1 is 0.588 bits per heavy atom. The van der Waals surface area contributed by atoms with Gasteiger partial charge in [-0.25, -0.2) is 4.79 Å². The highest BCUT2D eigenvalue weighted by atomic mass is 32.2. The van der Waals surface area contributed by atoms with Crippen LogP contribution in [-0.2, 0) is 28.6 Å². The van der Waals surface area contributed by atoms with Gasteiger partial charge in [-0.2, -0.15) is 8.42 Å². The summed E-state index contributed by atoms with van der Waals surface area (Å²) in [6.45, 7) is 1.62. The SMILES string of the molecule is CC#CC#CC#CC#CC#CC#CC#CC#CC#CC#CC(=O)OCCOCCOS(C)(=O)=O. The average molecular weight is 466 g/mol. The highest BCUT2D eigenvalue weighted by Gasteiger charge is 2.01. The van der Waals surface area contributed by atoms with Gasteiger partial charge in [-0.3, -0.25) is 4.18 Å². The molecule has 0 radical (unpaired) electrons. The van der Waals surface area contributed by atoms with E-state index in [1.54, 1.807) is 6.92 Å². The van der Waals surface area contributed by atoms with Crippen molar-refractivity contribution in [2.24, 2.45) is 0 Å². The molecule has 7 heteroatoms. The molecule has 0 saturated carbocycles. The molecule has 0 spiro atoms. The van der Waals surface area contributed by atoms with Gasteiger partial charge >= 0.3 is 5.97 Å². The predicted molar refractivity (Wildman–Crippen MR) is 126 cm³/mol. The van der Waals surface area contributed by atoms with Gasteiger partial charge in [0, 0.05) is 17.8 Å². The fourth-order valence-electron chi connectivity index (χ4n) is 1.22. The highest BCUT2D eigenvalue weighted by Crippen LogP contribution is 1.87. The molecule has 6 nitrogen and oxygen atoms in total. The first kappa shape index (κ1) is 28.9. The molecule has 0 aromatic rings. The first-order valence-corrected chi connectivity index (χ1v) is 10.8. The number of hydrogen-bond acceptors (Lipinski definition) is 6. The molecule has 0 aliphatic heterocycles. The molecule has 164 valence electrons. The van der Waals surface area contributed by atoms with Crippen LogP contribution in [-0.4, -0.2) is 47.1 Å². The Hall–Kier alpha value is -5.06. The van der Waals surface area contributed by atoms with Crippen LogP contribution in [0, 0.1) is 118 Å². The molecule has 0 aliphatic rings. The molecule has 0 aromatic carbocycles. The second-order valence-electron chi connectivity index (χ2n) is 4.90. The summed E-state index contributed by atoms with van der Waals surface area (Å²) in [5.74, 6) is 48.1. The zero-order valence-corrected chi connectivity index (χ0v) is 19.0. The molecule has 0 fully saturated rings. The van der Waals surface area contributed by atoms with Crippen molar-refractivity contribution in [1.29, 1.82) is 0 Å². The summed E-state index contributed by atoms with van der Waals surface area (Å²) in [4.78, 5) is 11.3. The van der Waals surface area contributed by atoms with Crippen LogP contribution in [0.1, 0.15) is 6.92 Å². The van der Waals surface area contributed by atoms with E-state index in [1.807, 2.05) is 0 Å². The lowest BCUT2D eigenvalue weighted by atomic mass is 10.4. The third-order valence-electron chi connectivity index (χ3n) is 2.34. The topological polar surface area (TPSA) is 78.9 Å². The fourth-order valence-corrected chi connectivity index (χ4v) is 1.59. The van der Waals surface area contributed by atoms with E-state index in [0.29, 0.717) is 0 Å². The van der Waals surface area contributed by atoms with Gasteiger partial charge in [0.1, 0.15) is 6.61 Å². The van der Waals surface area contributed by atoms with Crippen LogP contribution < -0.4 is 0 Å². The first-order valence-electron chi connectivity index (χ1n) is 8.97. The van der Waals surface area contributed by atoms with Gasteiger partial charge in [-0.1, -0.05) is 5.92 Å². The Kier molecular flexibility index (Phi) is 18.0. The Bertz CT molecular complexity index is 1480. The second kappa shape index (κ2) is 21.2. The minimum Gasteiger partial charge on any atom is -0.454 e. The van der Waals surface area contributed by atoms with Gasteiger partial charge in [0.2, 0.25) is 0 Å². The summed E-state index contributed by atoms with van der Waals surface area (Å²) in [7, 11) is -3.50. The van der Waals surface area contributed by atoms with E-state index < -0.39 is 16.1 Å². The molecular formula is C27H14O6S. The summed E-state index contributed by atoms with van der Waals surface area (Å²) in [5.41, 5.74) is 0. The number of esters is 1. The smallest absolute Gasteiger partial charge is 0.385 e. The summed E-state index contributed by atoms with van der Waals surface area (Å²) in [6.07, 6.45) is 0.933. The van der Waals surface area contributed by atoms with Gasteiger partial charge < -0.3 is 9.47 Å². The van der Waals surface area contributed by atoms with Crippen molar-refractivity contribution >= 4 is 16.1 Å².